The lowest BCUT2D eigenvalue weighted by Crippen LogP contribution is -2.15. The number of aromatic nitrogens is 2. The second kappa shape index (κ2) is 10.3. The molecule has 0 amide bonds. The van der Waals surface area contributed by atoms with Gasteiger partial charge in [-0.25, -0.2) is 14.3 Å². The van der Waals surface area contributed by atoms with Crippen molar-refractivity contribution in [2.45, 2.75) is 13.3 Å². The average Bonchev–Trinajstić information content (AvgIpc) is 3.23. The predicted molar refractivity (Wildman–Crippen MR) is 122 cm³/mol. The molecule has 0 N–H and O–H groups in total. The topological polar surface area (TPSA) is 88.9 Å². The smallest absolute Gasteiger partial charge is 0.357 e. The van der Waals surface area contributed by atoms with E-state index < -0.39 is 11.9 Å². The highest BCUT2D eigenvalue weighted by Crippen LogP contribution is 2.41. The van der Waals surface area contributed by atoms with Crippen molar-refractivity contribution in [3.63, 3.8) is 0 Å². The maximum Gasteiger partial charge on any atom is 0.357 e. The molecular weight excluding hydrogens is 480 g/mol. The Morgan fingerprint density at radius 1 is 1.03 bits per heavy atom. The van der Waals surface area contributed by atoms with Crippen LogP contribution in [0.4, 0.5) is 0 Å². The molecule has 0 saturated heterocycles. The monoisotopic (exact) mass is 502 g/mol. The molecule has 2 aromatic carbocycles. The molecule has 168 valence electrons. The van der Waals surface area contributed by atoms with Crippen LogP contribution in [0.25, 0.3) is 16.9 Å². The molecule has 0 radical (unpaired) electrons. The van der Waals surface area contributed by atoms with Gasteiger partial charge in [0, 0.05) is 5.56 Å². The van der Waals surface area contributed by atoms with Crippen LogP contribution < -0.4 is 9.47 Å². The third kappa shape index (κ3) is 4.47. The van der Waals surface area contributed by atoms with Crippen LogP contribution in [0.2, 0.25) is 0 Å². The van der Waals surface area contributed by atoms with Crippen LogP contribution >= 0.6 is 15.9 Å². The Kier molecular flexibility index (Phi) is 7.53. The van der Waals surface area contributed by atoms with Crippen molar-refractivity contribution >= 4 is 27.9 Å². The summed E-state index contributed by atoms with van der Waals surface area (Å²) in [4.78, 5) is 25.5. The normalized spacial score (nSPS) is 10.5. The number of carbonyl (C=O) groups is 2. The Balaban J connectivity index is 2.31. The van der Waals surface area contributed by atoms with Gasteiger partial charge in [0.05, 0.1) is 38.1 Å². The van der Waals surface area contributed by atoms with Gasteiger partial charge < -0.3 is 18.9 Å². The summed E-state index contributed by atoms with van der Waals surface area (Å²) in [5, 5.41) is 4.59. The van der Waals surface area contributed by atoms with Crippen molar-refractivity contribution in [3.8, 4) is 28.4 Å². The first-order chi connectivity index (χ1) is 15.5. The Labute approximate surface area is 194 Å². The minimum absolute atomic E-state index is 0.0145. The first kappa shape index (κ1) is 23.3. The molecule has 0 fully saturated rings. The van der Waals surface area contributed by atoms with Crippen molar-refractivity contribution in [2.24, 2.45) is 0 Å². The molecule has 0 aliphatic rings. The Morgan fingerprint density at radius 3 is 2.31 bits per heavy atom. The molecule has 0 spiro atoms. The van der Waals surface area contributed by atoms with Crippen LogP contribution in [0.5, 0.6) is 11.5 Å². The number of halogens is 1. The maximum atomic E-state index is 12.8. The molecule has 32 heavy (non-hydrogen) atoms. The van der Waals surface area contributed by atoms with E-state index in [9.17, 15) is 9.59 Å². The van der Waals surface area contributed by atoms with E-state index >= 15 is 0 Å². The number of methoxy groups -OCH3 is 3. The number of hydrogen-bond acceptors (Lipinski definition) is 7. The molecule has 8 nitrogen and oxygen atoms in total. The lowest BCUT2D eigenvalue weighted by atomic mass is 10.0. The summed E-state index contributed by atoms with van der Waals surface area (Å²) in [6.45, 7) is 2.51. The van der Waals surface area contributed by atoms with Gasteiger partial charge in [-0.05, 0) is 46.6 Å². The number of esters is 2. The zero-order valence-corrected chi connectivity index (χ0v) is 19.8. The van der Waals surface area contributed by atoms with Gasteiger partial charge in [-0.15, -0.1) is 0 Å². The summed E-state index contributed by atoms with van der Waals surface area (Å²) in [6.07, 6.45) is 0.827. The molecule has 3 rings (SSSR count). The Hall–Kier alpha value is -3.33. The van der Waals surface area contributed by atoms with Crippen molar-refractivity contribution in [1.29, 1.82) is 0 Å². The Morgan fingerprint density at radius 2 is 1.72 bits per heavy atom. The molecule has 0 aliphatic carbocycles. The number of rotatable bonds is 8. The molecule has 9 heteroatoms. The molecule has 0 unspecified atom stereocenters. The van der Waals surface area contributed by atoms with Gasteiger partial charge in [0.25, 0.3) is 0 Å². The zero-order valence-electron chi connectivity index (χ0n) is 18.2. The number of nitrogens with zero attached hydrogens (tertiary/aromatic N) is 2. The van der Waals surface area contributed by atoms with E-state index in [1.807, 2.05) is 13.0 Å². The highest BCUT2D eigenvalue weighted by atomic mass is 79.9. The van der Waals surface area contributed by atoms with E-state index in [1.165, 1.54) is 26.0 Å². The fraction of sp³-hybridized carbons (Fsp3) is 0.261. The Bertz CT molecular complexity index is 1130. The fourth-order valence-electron chi connectivity index (χ4n) is 3.16. The van der Waals surface area contributed by atoms with Gasteiger partial charge in [0.15, 0.2) is 17.2 Å². The first-order valence-corrected chi connectivity index (χ1v) is 10.6. The van der Waals surface area contributed by atoms with E-state index in [1.54, 1.807) is 36.4 Å². The average molecular weight is 503 g/mol. The molecule has 1 aromatic heterocycles. The quantitative estimate of drug-likeness (QED) is 0.413. The standard InChI is InChI=1S/C23H23BrN2O6/c1-5-11-32-21-16(24)12-14(13-17(21)29-2)19-18(22(27)30-3)20(23(28)31-4)26(25-19)15-9-7-6-8-10-15/h6-10,12-13H,5,11H2,1-4H3. The van der Waals surface area contributed by atoms with Gasteiger partial charge in [0.2, 0.25) is 0 Å². The number of hydrogen-bond donors (Lipinski definition) is 0. The summed E-state index contributed by atoms with van der Waals surface area (Å²) in [7, 11) is 4.00. The van der Waals surface area contributed by atoms with Crippen molar-refractivity contribution < 1.29 is 28.5 Å². The second-order valence-corrected chi connectivity index (χ2v) is 7.49. The van der Waals surface area contributed by atoms with E-state index in [4.69, 9.17) is 18.9 Å². The lowest BCUT2D eigenvalue weighted by Gasteiger charge is -2.13. The summed E-state index contributed by atoms with van der Waals surface area (Å²) >= 11 is 3.51. The zero-order chi connectivity index (χ0) is 23.3. The van der Waals surface area contributed by atoms with Crippen LogP contribution in [-0.2, 0) is 9.47 Å². The van der Waals surface area contributed by atoms with Gasteiger partial charge in [-0.2, -0.15) is 5.10 Å². The van der Waals surface area contributed by atoms with Crippen LogP contribution in [0, 0.1) is 0 Å². The van der Waals surface area contributed by atoms with Gasteiger partial charge >= 0.3 is 11.9 Å². The third-order valence-corrected chi connectivity index (χ3v) is 5.20. The number of ether oxygens (including phenoxy) is 4. The predicted octanol–water partition coefficient (Wildman–Crippen LogP) is 4.67. The highest BCUT2D eigenvalue weighted by molar-refractivity contribution is 9.10. The molecule has 0 atom stereocenters. The minimum atomic E-state index is -0.720. The van der Waals surface area contributed by atoms with Crippen LogP contribution in [0.15, 0.2) is 46.9 Å². The number of benzene rings is 2. The van der Waals surface area contributed by atoms with Crippen molar-refractivity contribution in [1.82, 2.24) is 9.78 Å². The lowest BCUT2D eigenvalue weighted by molar-refractivity contribution is 0.0549. The fourth-order valence-corrected chi connectivity index (χ4v) is 3.71. The number of carbonyl (C=O) groups excluding carboxylic acids is 2. The summed E-state index contributed by atoms with van der Waals surface area (Å²) in [5.41, 5.74) is 1.29. The maximum absolute atomic E-state index is 12.8. The van der Waals surface area contributed by atoms with Gasteiger partial charge in [-0.3, -0.25) is 0 Å². The summed E-state index contributed by atoms with van der Waals surface area (Å²) in [6, 6.07) is 12.4. The SMILES string of the molecule is CCCOc1c(Br)cc(-c2nn(-c3ccccc3)c(C(=O)OC)c2C(=O)OC)cc1OC. The van der Waals surface area contributed by atoms with Crippen LogP contribution in [0.1, 0.15) is 34.2 Å². The molecule has 0 bridgehead atoms. The van der Waals surface area contributed by atoms with Crippen molar-refractivity contribution in [2.75, 3.05) is 27.9 Å². The largest absolute Gasteiger partial charge is 0.493 e. The number of para-hydroxylation sites is 1. The minimum Gasteiger partial charge on any atom is -0.493 e. The molecule has 0 saturated carbocycles. The van der Waals surface area contributed by atoms with E-state index in [2.05, 4.69) is 21.0 Å². The van der Waals surface area contributed by atoms with Gasteiger partial charge in [0.1, 0.15) is 11.3 Å². The second-order valence-electron chi connectivity index (χ2n) is 6.64. The van der Waals surface area contributed by atoms with Gasteiger partial charge in [-0.1, -0.05) is 25.1 Å². The summed E-state index contributed by atoms with van der Waals surface area (Å²) in [5.74, 6) is -0.452. The highest BCUT2D eigenvalue weighted by Gasteiger charge is 2.32. The molecule has 3 aromatic rings. The first-order valence-electron chi connectivity index (χ1n) is 9.82. The van der Waals surface area contributed by atoms with Crippen molar-refractivity contribution in [3.05, 3.63) is 58.2 Å². The van der Waals surface area contributed by atoms with E-state index in [-0.39, 0.29) is 17.0 Å². The molecular formula is C23H23BrN2O6. The third-order valence-electron chi connectivity index (χ3n) is 4.61. The van der Waals surface area contributed by atoms with E-state index in [0.717, 1.165) is 6.42 Å². The molecule has 1 heterocycles. The van der Waals surface area contributed by atoms with Crippen LogP contribution in [-0.4, -0.2) is 49.7 Å². The summed E-state index contributed by atoms with van der Waals surface area (Å²) < 4.78 is 23.2. The molecule has 0 aliphatic heterocycles. The van der Waals surface area contributed by atoms with E-state index in [0.29, 0.717) is 33.8 Å². The van der Waals surface area contributed by atoms with Crippen LogP contribution in [0.3, 0.4) is 0 Å².